The summed E-state index contributed by atoms with van der Waals surface area (Å²) in [6, 6.07) is 0.562. The van der Waals surface area contributed by atoms with Crippen LogP contribution in [0.4, 0.5) is 0 Å². The molecule has 1 aliphatic rings. The van der Waals surface area contributed by atoms with Crippen LogP contribution in [0.3, 0.4) is 0 Å². The quantitative estimate of drug-likeness (QED) is 0.492. The lowest BCUT2D eigenvalue weighted by atomic mass is 10.0. The van der Waals surface area contributed by atoms with E-state index >= 15 is 0 Å². The van der Waals surface area contributed by atoms with E-state index in [9.17, 15) is 0 Å². The van der Waals surface area contributed by atoms with Gasteiger partial charge < -0.3 is 10.2 Å². The molecule has 3 nitrogen and oxygen atoms in total. The molecule has 2 atom stereocenters. The van der Waals surface area contributed by atoms with Gasteiger partial charge >= 0.3 is 0 Å². The van der Waals surface area contributed by atoms with Crippen LogP contribution in [-0.2, 0) is 4.84 Å². The fraction of sp³-hybridized carbons (Fsp3) is 1.00. The monoisotopic (exact) mass is 130 g/mol. The molecular weight excluding hydrogens is 116 g/mol. The molecule has 0 amide bonds. The van der Waals surface area contributed by atoms with Crippen molar-refractivity contribution < 1.29 is 4.84 Å². The molecule has 9 heavy (non-hydrogen) atoms. The minimum atomic E-state index is 0.279. The Bertz CT molecular complexity index is 87.1. The Labute approximate surface area is 55.5 Å². The molecular formula is C6H14N2O. The second-order valence-electron chi connectivity index (χ2n) is 2.64. The number of nitrogens with one attached hydrogen (secondary N) is 1. The van der Waals surface area contributed by atoms with Crippen molar-refractivity contribution in [3.8, 4) is 0 Å². The fourth-order valence-corrected chi connectivity index (χ4v) is 1.21. The van der Waals surface area contributed by atoms with E-state index in [0.29, 0.717) is 6.04 Å². The number of rotatable bonds is 1. The lowest BCUT2D eigenvalue weighted by Crippen LogP contribution is -2.40. The first-order valence-corrected chi connectivity index (χ1v) is 3.42. The second-order valence-corrected chi connectivity index (χ2v) is 2.64. The standard InChI is InChI=1S/C6H14N2O/c1-5-4-6(9-7)2-3-8-5/h5-6,8H,2-4,7H2,1H3/t5-,6+/m0/s1. The molecule has 3 N–H and O–H groups in total. The van der Waals surface area contributed by atoms with Gasteiger partial charge in [-0.25, -0.2) is 5.90 Å². The van der Waals surface area contributed by atoms with E-state index in [4.69, 9.17) is 10.7 Å². The van der Waals surface area contributed by atoms with E-state index in [1.54, 1.807) is 0 Å². The molecule has 0 aromatic carbocycles. The molecule has 0 radical (unpaired) electrons. The molecule has 54 valence electrons. The fourth-order valence-electron chi connectivity index (χ4n) is 1.21. The van der Waals surface area contributed by atoms with Gasteiger partial charge in [-0.3, -0.25) is 0 Å². The third-order valence-electron chi connectivity index (χ3n) is 1.77. The van der Waals surface area contributed by atoms with Crippen LogP contribution >= 0.6 is 0 Å². The molecule has 1 saturated heterocycles. The van der Waals surface area contributed by atoms with Crippen molar-refractivity contribution in [2.24, 2.45) is 5.90 Å². The van der Waals surface area contributed by atoms with Crippen LogP contribution in [0.15, 0.2) is 0 Å². The molecule has 3 heteroatoms. The molecule has 0 aromatic heterocycles. The van der Waals surface area contributed by atoms with Gasteiger partial charge in [-0.2, -0.15) is 0 Å². The van der Waals surface area contributed by atoms with Crippen LogP contribution in [0.2, 0.25) is 0 Å². The Balaban J connectivity index is 2.23. The largest absolute Gasteiger partial charge is 0.314 e. The molecule has 0 saturated carbocycles. The van der Waals surface area contributed by atoms with Gasteiger partial charge in [-0.15, -0.1) is 0 Å². The first kappa shape index (κ1) is 6.99. The zero-order chi connectivity index (χ0) is 6.69. The van der Waals surface area contributed by atoms with Crippen LogP contribution in [0.1, 0.15) is 19.8 Å². The Kier molecular flexibility index (Phi) is 2.45. The highest BCUT2D eigenvalue weighted by Crippen LogP contribution is 2.09. The van der Waals surface area contributed by atoms with Crippen LogP contribution in [0, 0.1) is 0 Å². The van der Waals surface area contributed by atoms with Crippen molar-refractivity contribution >= 4 is 0 Å². The normalized spacial score (nSPS) is 36.7. The van der Waals surface area contributed by atoms with E-state index in [1.165, 1.54) is 0 Å². The van der Waals surface area contributed by atoms with E-state index < -0.39 is 0 Å². The van der Waals surface area contributed by atoms with E-state index in [1.807, 2.05) is 0 Å². The molecule has 1 heterocycles. The van der Waals surface area contributed by atoms with Gasteiger partial charge in [-0.05, 0) is 26.3 Å². The predicted octanol–water partition coefficient (Wildman–Crippen LogP) is 0.0172. The molecule has 1 aliphatic heterocycles. The maximum Gasteiger partial charge on any atom is 0.0814 e. The first-order valence-electron chi connectivity index (χ1n) is 3.42. The summed E-state index contributed by atoms with van der Waals surface area (Å²) in [6.45, 7) is 3.17. The topological polar surface area (TPSA) is 47.3 Å². The second kappa shape index (κ2) is 3.15. The summed E-state index contributed by atoms with van der Waals surface area (Å²) in [5.74, 6) is 5.04. The molecule has 0 bridgehead atoms. The van der Waals surface area contributed by atoms with Crippen molar-refractivity contribution in [2.45, 2.75) is 31.9 Å². The van der Waals surface area contributed by atoms with Crippen molar-refractivity contribution in [3.05, 3.63) is 0 Å². The van der Waals surface area contributed by atoms with Gasteiger partial charge in [0.05, 0.1) is 6.10 Å². The van der Waals surface area contributed by atoms with Crippen molar-refractivity contribution in [2.75, 3.05) is 6.54 Å². The number of piperidine rings is 1. The maximum absolute atomic E-state index is 5.04. The summed E-state index contributed by atoms with van der Waals surface area (Å²) < 4.78 is 0. The van der Waals surface area contributed by atoms with Gasteiger partial charge in [0, 0.05) is 6.04 Å². The highest BCUT2D eigenvalue weighted by Gasteiger charge is 2.17. The molecule has 0 aliphatic carbocycles. The average molecular weight is 130 g/mol. The lowest BCUT2D eigenvalue weighted by molar-refractivity contribution is 0.0233. The van der Waals surface area contributed by atoms with Crippen LogP contribution in [0.25, 0.3) is 0 Å². The summed E-state index contributed by atoms with van der Waals surface area (Å²) in [5.41, 5.74) is 0. The summed E-state index contributed by atoms with van der Waals surface area (Å²) in [5, 5.41) is 3.31. The molecule has 0 aromatic rings. The van der Waals surface area contributed by atoms with Gasteiger partial charge in [-0.1, -0.05) is 0 Å². The van der Waals surface area contributed by atoms with E-state index in [2.05, 4.69) is 12.2 Å². The number of hydrogen-bond donors (Lipinski definition) is 2. The minimum absolute atomic E-state index is 0.279. The SMILES string of the molecule is C[C@H]1C[C@H](ON)CCN1. The van der Waals surface area contributed by atoms with Gasteiger partial charge in [0.15, 0.2) is 0 Å². The molecule has 0 unspecified atom stereocenters. The van der Waals surface area contributed by atoms with Gasteiger partial charge in [0.25, 0.3) is 0 Å². The zero-order valence-electron chi connectivity index (χ0n) is 5.76. The predicted molar refractivity (Wildman–Crippen MR) is 35.8 cm³/mol. The Hall–Kier alpha value is -0.120. The zero-order valence-corrected chi connectivity index (χ0v) is 5.76. The maximum atomic E-state index is 5.04. The Morgan fingerprint density at radius 2 is 2.44 bits per heavy atom. The summed E-state index contributed by atoms with van der Waals surface area (Å²) in [7, 11) is 0. The first-order chi connectivity index (χ1) is 4.33. The minimum Gasteiger partial charge on any atom is -0.314 e. The summed E-state index contributed by atoms with van der Waals surface area (Å²) in [6.07, 6.45) is 2.36. The Morgan fingerprint density at radius 3 is 2.89 bits per heavy atom. The highest BCUT2D eigenvalue weighted by molar-refractivity contribution is 4.74. The van der Waals surface area contributed by atoms with E-state index in [-0.39, 0.29) is 6.10 Å². The van der Waals surface area contributed by atoms with Crippen molar-refractivity contribution in [1.82, 2.24) is 5.32 Å². The molecule has 0 spiro atoms. The van der Waals surface area contributed by atoms with Crippen molar-refractivity contribution in [3.63, 3.8) is 0 Å². The summed E-state index contributed by atoms with van der Waals surface area (Å²) in [4.78, 5) is 4.72. The third-order valence-corrected chi connectivity index (χ3v) is 1.77. The van der Waals surface area contributed by atoms with Crippen LogP contribution in [0.5, 0.6) is 0 Å². The lowest BCUT2D eigenvalue weighted by Gasteiger charge is -2.25. The molecule has 1 rings (SSSR count). The van der Waals surface area contributed by atoms with Crippen LogP contribution in [-0.4, -0.2) is 18.7 Å². The number of nitrogens with two attached hydrogens (primary N) is 1. The van der Waals surface area contributed by atoms with Crippen LogP contribution < -0.4 is 11.2 Å². The number of hydrogen-bond acceptors (Lipinski definition) is 3. The summed E-state index contributed by atoms with van der Waals surface area (Å²) >= 11 is 0. The van der Waals surface area contributed by atoms with Gasteiger partial charge in [0.1, 0.15) is 0 Å². The third kappa shape index (κ3) is 1.93. The smallest absolute Gasteiger partial charge is 0.0814 e. The Morgan fingerprint density at radius 1 is 1.67 bits per heavy atom. The average Bonchev–Trinajstić information content (AvgIpc) is 1.88. The van der Waals surface area contributed by atoms with Gasteiger partial charge in [0.2, 0.25) is 0 Å². The highest BCUT2D eigenvalue weighted by atomic mass is 16.6. The molecule has 1 fully saturated rings. The van der Waals surface area contributed by atoms with E-state index in [0.717, 1.165) is 19.4 Å². The van der Waals surface area contributed by atoms with Crippen molar-refractivity contribution in [1.29, 1.82) is 0 Å².